The summed E-state index contributed by atoms with van der Waals surface area (Å²) >= 11 is 0. The molecule has 2 aliphatic heterocycles. The van der Waals surface area contributed by atoms with Crippen LogP contribution in [0.3, 0.4) is 0 Å². The van der Waals surface area contributed by atoms with Gasteiger partial charge in [0.05, 0.1) is 6.26 Å². The van der Waals surface area contributed by atoms with Gasteiger partial charge in [0.15, 0.2) is 11.3 Å². The number of ether oxygens (including phenoxy) is 3. The first kappa shape index (κ1) is 17.2. The van der Waals surface area contributed by atoms with E-state index < -0.39 is 0 Å². The van der Waals surface area contributed by atoms with E-state index in [1.165, 1.54) is 0 Å². The quantitative estimate of drug-likeness (QED) is 0.556. The molecule has 0 radical (unpaired) electrons. The molecule has 1 aromatic heterocycles. The van der Waals surface area contributed by atoms with E-state index in [4.69, 9.17) is 18.6 Å². The Bertz CT molecular complexity index is 1020. The van der Waals surface area contributed by atoms with Crippen molar-refractivity contribution in [3.63, 3.8) is 0 Å². The molecule has 3 heterocycles. The van der Waals surface area contributed by atoms with E-state index in [1.807, 2.05) is 43.4 Å². The van der Waals surface area contributed by atoms with Gasteiger partial charge >= 0.3 is 5.97 Å². The van der Waals surface area contributed by atoms with Gasteiger partial charge in [-0.15, -0.1) is 0 Å². The van der Waals surface area contributed by atoms with E-state index in [0.717, 1.165) is 16.5 Å². The highest BCUT2D eigenvalue weighted by atomic mass is 16.5. The first-order chi connectivity index (χ1) is 13.0. The van der Waals surface area contributed by atoms with E-state index in [9.17, 15) is 4.79 Å². The SMILES string of the molecule is C=C1C=Cc2cc3ccoc3c(OC/C=C(/C)CC3C=C(C)C(=O)O3)c2O1. The van der Waals surface area contributed by atoms with Crippen LogP contribution in [0.15, 0.2) is 64.5 Å². The first-order valence-electron chi connectivity index (χ1n) is 8.78. The fraction of sp³-hybridized carbons (Fsp3) is 0.227. The van der Waals surface area contributed by atoms with Gasteiger partial charge in [-0.3, -0.25) is 0 Å². The molecular weight excluding hydrogens is 344 g/mol. The van der Waals surface area contributed by atoms with Crippen LogP contribution >= 0.6 is 0 Å². The maximum absolute atomic E-state index is 11.5. The van der Waals surface area contributed by atoms with Crippen LogP contribution in [0.25, 0.3) is 17.0 Å². The van der Waals surface area contributed by atoms with E-state index in [1.54, 1.807) is 13.2 Å². The van der Waals surface area contributed by atoms with Crippen LogP contribution in [0.2, 0.25) is 0 Å². The number of allylic oxidation sites excluding steroid dienone is 1. The number of fused-ring (bicyclic) bond motifs is 2. The van der Waals surface area contributed by atoms with E-state index in [-0.39, 0.29) is 12.1 Å². The fourth-order valence-electron chi connectivity index (χ4n) is 3.17. The second-order valence-electron chi connectivity index (χ2n) is 6.72. The summed E-state index contributed by atoms with van der Waals surface area (Å²) in [5, 5.41) is 0.948. The second-order valence-corrected chi connectivity index (χ2v) is 6.72. The highest BCUT2D eigenvalue weighted by Crippen LogP contribution is 2.43. The van der Waals surface area contributed by atoms with E-state index >= 15 is 0 Å². The third kappa shape index (κ3) is 3.40. The van der Waals surface area contributed by atoms with Gasteiger partial charge in [-0.2, -0.15) is 0 Å². The van der Waals surface area contributed by atoms with Gasteiger partial charge in [-0.1, -0.05) is 12.2 Å². The summed E-state index contributed by atoms with van der Waals surface area (Å²) in [6, 6.07) is 3.89. The summed E-state index contributed by atoms with van der Waals surface area (Å²) in [4.78, 5) is 11.5. The van der Waals surface area contributed by atoms with Gasteiger partial charge < -0.3 is 18.6 Å². The van der Waals surface area contributed by atoms with E-state index in [2.05, 4.69) is 6.58 Å². The van der Waals surface area contributed by atoms with Crippen LogP contribution in [-0.4, -0.2) is 18.7 Å². The lowest BCUT2D eigenvalue weighted by atomic mass is 10.1. The molecule has 4 rings (SSSR count). The Morgan fingerprint density at radius 1 is 1.37 bits per heavy atom. The van der Waals surface area contributed by atoms with Crippen LogP contribution in [0.1, 0.15) is 25.8 Å². The molecule has 0 saturated heterocycles. The third-order valence-electron chi connectivity index (χ3n) is 4.56. The van der Waals surface area contributed by atoms with Crippen LogP contribution < -0.4 is 9.47 Å². The lowest BCUT2D eigenvalue weighted by molar-refractivity contribution is -0.139. The summed E-state index contributed by atoms with van der Waals surface area (Å²) in [6.45, 7) is 7.95. The van der Waals surface area contributed by atoms with Crippen molar-refractivity contribution in [1.82, 2.24) is 0 Å². The van der Waals surface area contributed by atoms with Crippen molar-refractivity contribution in [2.24, 2.45) is 0 Å². The van der Waals surface area contributed by atoms with Gasteiger partial charge in [-0.05, 0) is 50.3 Å². The minimum Gasteiger partial charge on any atom is -0.482 e. The second kappa shape index (κ2) is 6.83. The lowest BCUT2D eigenvalue weighted by Gasteiger charge is -2.18. The monoisotopic (exact) mass is 364 g/mol. The zero-order chi connectivity index (χ0) is 19.0. The Hall–Kier alpha value is -3.21. The number of esters is 1. The number of carbonyl (C=O) groups is 1. The summed E-state index contributed by atoms with van der Waals surface area (Å²) in [5.74, 6) is 1.48. The van der Waals surface area contributed by atoms with Crippen LogP contribution in [0, 0.1) is 0 Å². The van der Waals surface area contributed by atoms with Gasteiger partial charge in [0.1, 0.15) is 18.5 Å². The smallest absolute Gasteiger partial charge is 0.334 e. The topological polar surface area (TPSA) is 57.9 Å². The van der Waals surface area contributed by atoms with Gasteiger partial charge in [0.2, 0.25) is 5.75 Å². The first-order valence-corrected chi connectivity index (χ1v) is 8.78. The predicted molar refractivity (Wildman–Crippen MR) is 103 cm³/mol. The maximum atomic E-state index is 11.5. The van der Waals surface area contributed by atoms with Crippen molar-refractivity contribution in [2.75, 3.05) is 6.61 Å². The number of furan rings is 1. The van der Waals surface area contributed by atoms with Crippen molar-refractivity contribution in [1.29, 1.82) is 0 Å². The zero-order valence-corrected chi connectivity index (χ0v) is 15.3. The Balaban J connectivity index is 1.51. The molecule has 0 spiro atoms. The number of rotatable bonds is 5. The van der Waals surface area contributed by atoms with Crippen molar-refractivity contribution >= 4 is 23.0 Å². The Kier molecular flexibility index (Phi) is 4.36. The minimum atomic E-state index is -0.245. The van der Waals surface area contributed by atoms with Crippen molar-refractivity contribution in [3.8, 4) is 11.5 Å². The van der Waals surface area contributed by atoms with Crippen molar-refractivity contribution < 1.29 is 23.4 Å². The summed E-state index contributed by atoms with van der Waals surface area (Å²) in [5.41, 5.74) is 3.30. The minimum absolute atomic E-state index is 0.202. The molecule has 1 aromatic carbocycles. The molecular formula is C22H20O5. The number of carbonyl (C=O) groups excluding carboxylic acids is 1. The lowest BCUT2D eigenvalue weighted by Crippen LogP contribution is -2.09. The Morgan fingerprint density at radius 2 is 2.22 bits per heavy atom. The molecule has 0 saturated carbocycles. The molecule has 1 unspecified atom stereocenters. The summed E-state index contributed by atoms with van der Waals surface area (Å²) < 4.78 is 22.7. The van der Waals surface area contributed by atoms with Gasteiger partial charge in [0, 0.05) is 22.9 Å². The highest BCUT2D eigenvalue weighted by Gasteiger charge is 2.23. The normalized spacial score (nSPS) is 19.0. The molecule has 0 aliphatic carbocycles. The predicted octanol–water partition coefficient (Wildman–Crippen LogP) is 4.94. The maximum Gasteiger partial charge on any atom is 0.334 e. The van der Waals surface area contributed by atoms with Crippen LogP contribution in [0.4, 0.5) is 0 Å². The van der Waals surface area contributed by atoms with Crippen molar-refractivity contribution in [2.45, 2.75) is 26.4 Å². The Labute approximate surface area is 157 Å². The van der Waals surface area contributed by atoms with Crippen LogP contribution in [-0.2, 0) is 9.53 Å². The average molecular weight is 364 g/mol. The molecule has 0 N–H and O–H groups in total. The van der Waals surface area contributed by atoms with Crippen LogP contribution in [0.5, 0.6) is 11.5 Å². The molecule has 1 atom stereocenters. The number of benzene rings is 1. The summed E-state index contributed by atoms with van der Waals surface area (Å²) in [6.07, 6.45) is 9.66. The average Bonchev–Trinajstić information content (AvgIpc) is 3.21. The van der Waals surface area contributed by atoms with Crippen molar-refractivity contribution in [3.05, 3.63) is 65.7 Å². The largest absolute Gasteiger partial charge is 0.482 e. The standard InChI is InChI=1S/C22H20O5/c1-13(10-18-11-14(2)22(23)27-18)6-8-25-21-19-17(7-9-24-19)12-16-5-4-15(3)26-20(16)21/h4-7,9,11-12,18H,3,8,10H2,1-2H3/b13-6-. The van der Waals surface area contributed by atoms with Gasteiger partial charge in [-0.25, -0.2) is 4.79 Å². The zero-order valence-electron chi connectivity index (χ0n) is 15.3. The molecule has 0 bridgehead atoms. The molecule has 138 valence electrons. The van der Waals surface area contributed by atoms with Gasteiger partial charge in [0.25, 0.3) is 0 Å². The summed E-state index contributed by atoms with van der Waals surface area (Å²) in [7, 11) is 0. The van der Waals surface area contributed by atoms with E-state index in [0.29, 0.717) is 41.4 Å². The number of cyclic esters (lactones) is 1. The molecule has 27 heavy (non-hydrogen) atoms. The molecule has 0 amide bonds. The third-order valence-corrected chi connectivity index (χ3v) is 4.56. The molecule has 2 aliphatic rings. The highest BCUT2D eigenvalue weighted by molar-refractivity contribution is 5.91. The molecule has 5 nitrogen and oxygen atoms in total. The molecule has 0 fully saturated rings. The molecule has 2 aromatic rings. The fourth-order valence-corrected chi connectivity index (χ4v) is 3.17. The number of hydrogen-bond acceptors (Lipinski definition) is 5. The number of hydrogen-bond donors (Lipinski definition) is 0. The Morgan fingerprint density at radius 3 is 3.00 bits per heavy atom. The molecule has 5 heteroatoms.